The van der Waals surface area contributed by atoms with E-state index in [-0.39, 0.29) is 23.9 Å². The van der Waals surface area contributed by atoms with Gasteiger partial charge in [0, 0.05) is 18.8 Å². The van der Waals surface area contributed by atoms with Crippen molar-refractivity contribution in [3.63, 3.8) is 0 Å². The Labute approximate surface area is 146 Å². The van der Waals surface area contributed by atoms with Gasteiger partial charge in [0.05, 0.1) is 5.39 Å². The standard InChI is InChI=1S/C19H23N3O3/c1-3-11-22-17-14(5-4-10-20-17)16(23)15(19(22)25)18(24)21-13-8-6-12(2)7-9-13/h3-5,10,12-13,23H,1,6-9,11H2,2H3,(H,21,24)/t12-,13+. The molecule has 0 spiro atoms. The fraction of sp³-hybridized carbons (Fsp3) is 0.421. The number of nitrogens with one attached hydrogen (secondary N) is 1. The molecule has 3 rings (SSSR count). The number of hydrogen-bond donors (Lipinski definition) is 2. The summed E-state index contributed by atoms with van der Waals surface area (Å²) in [6, 6.07) is 3.35. The predicted molar refractivity (Wildman–Crippen MR) is 96.8 cm³/mol. The van der Waals surface area contributed by atoms with Gasteiger partial charge in [-0.15, -0.1) is 6.58 Å². The van der Waals surface area contributed by atoms with Crippen molar-refractivity contribution in [2.24, 2.45) is 5.92 Å². The van der Waals surface area contributed by atoms with Crippen LogP contribution in [0.2, 0.25) is 0 Å². The van der Waals surface area contributed by atoms with Crippen LogP contribution in [0.5, 0.6) is 5.75 Å². The van der Waals surface area contributed by atoms with Crippen LogP contribution in [0.3, 0.4) is 0 Å². The first-order chi connectivity index (χ1) is 12.0. The molecule has 0 unspecified atom stereocenters. The fourth-order valence-corrected chi connectivity index (χ4v) is 3.43. The van der Waals surface area contributed by atoms with Crippen LogP contribution in [0, 0.1) is 5.92 Å². The lowest BCUT2D eigenvalue weighted by atomic mass is 9.87. The summed E-state index contributed by atoms with van der Waals surface area (Å²) in [5.74, 6) is -0.168. The van der Waals surface area contributed by atoms with E-state index in [1.165, 1.54) is 4.57 Å². The predicted octanol–water partition coefficient (Wildman–Crippen LogP) is 2.60. The van der Waals surface area contributed by atoms with Gasteiger partial charge in [0.2, 0.25) is 0 Å². The largest absolute Gasteiger partial charge is 0.506 e. The Morgan fingerprint density at radius 1 is 1.44 bits per heavy atom. The van der Waals surface area contributed by atoms with Crippen LogP contribution in [0.25, 0.3) is 11.0 Å². The molecule has 2 aromatic rings. The van der Waals surface area contributed by atoms with E-state index >= 15 is 0 Å². The summed E-state index contributed by atoms with van der Waals surface area (Å²) in [5, 5.41) is 13.8. The first kappa shape index (κ1) is 17.2. The number of allylic oxidation sites excluding steroid dienone is 1. The molecule has 1 amide bonds. The zero-order valence-electron chi connectivity index (χ0n) is 14.4. The molecule has 1 fully saturated rings. The van der Waals surface area contributed by atoms with Gasteiger partial charge in [0.25, 0.3) is 11.5 Å². The molecule has 0 aliphatic heterocycles. The highest BCUT2D eigenvalue weighted by atomic mass is 16.3. The highest BCUT2D eigenvalue weighted by Crippen LogP contribution is 2.27. The minimum Gasteiger partial charge on any atom is -0.506 e. The molecule has 25 heavy (non-hydrogen) atoms. The Morgan fingerprint density at radius 2 is 2.16 bits per heavy atom. The molecule has 2 heterocycles. The maximum atomic E-state index is 12.8. The van der Waals surface area contributed by atoms with Crippen molar-refractivity contribution in [2.45, 2.75) is 45.2 Å². The Bertz CT molecular complexity index is 864. The summed E-state index contributed by atoms with van der Waals surface area (Å²) < 4.78 is 1.36. The maximum Gasteiger partial charge on any atom is 0.269 e. The molecule has 6 heteroatoms. The number of hydrogen-bond acceptors (Lipinski definition) is 4. The van der Waals surface area contributed by atoms with E-state index in [9.17, 15) is 14.7 Å². The van der Waals surface area contributed by atoms with E-state index in [0.29, 0.717) is 17.0 Å². The van der Waals surface area contributed by atoms with Crippen molar-refractivity contribution in [1.82, 2.24) is 14.9 Å². The number of pyridine rings is 2. The molecular weight excluding hydrogens is 318 g/mol. The molecule has 2 aromatic heterocycles. The van der Waals surface area contributed by atoms with E-state index in [1.807, 2.05) is 0 Å². The van der Waals surface area contributed by atoms with Gasteiger partial charge >= 0.3 is 0 Å². The van der Waals surface area contributed by atoms with Crippen molar-refractivity contribution < 1.29 is 9.90 Å². The molecule has 0 atom stereocenters. The molecule has 1 saturated carbocycles. The van der Waals surface area contributed by atoms with Crippen LogP contribution >= 0.6 is 0 Å². The van der Waals surface area contributed by atoms with Gasteiger partial charge in [-0.25, -0.2) is 4.98 Å². The Kier molecular flexibility index (Phi) is 4.88. The van der Waals surface area contributed by atoms with Gasteiger partial charge in [-0.1, -0.05) is 13.0 Å². The van der Waals surface area contributed by atoms with Crippen molar-refractivity contribution in [1.29, 1.82) is 0 Å². The maximum absolute atomic E-state index is 12.8. The Morgan fingerprint density at radius 3 is 2.84 bits per heavy atom. The second kappa shape index (κ2) is 7.09. The number of nitrogens with zero attached hydrogens (tertiary/aromatic N) is 2. The lowest BCUT2D eigenvalue weighted by Crippen LogP contribution is -2.40. The number of fused-ring (bicyclic) bond motifs is 1. The first-order valence-corrected chi connectivity index (χ1v) is 8.65. The summed E-state index contributed by atoms with van der Waals surface area (Å²) in [5.41, 5.74) is -0.431. The van der Waals surface area contributed by atoms with E-state index in [0.717, 1.165) is 25.7 Å². The number of aromatic nitrogens is 2. The molecule has 6 nitrogen and oxygen atoms in total. The number of amides is 1. The SMILES string of the molecule is C=CCn1c(=O)c(C(=O)N[C@H]2CC[C@@H](C)CC2)c(O)c2cccnc21. The van der Waals surface area contributed by atoms with Crippen molar-refractivity contribution >= 4 is 16.9 Å². The molecule has 0 bridgehead atoms. The van der Waals surface area contributed by atoms with Crippen LogP contribution in [0.15, 0.2) is 35.8 Å². The van der Waals surface area contributed by atoms with Crippen molar-refractivity contribution in [2.75, 3.05) is 0 Å². The summed E-state index contributed by atoms with van der Waals surface area (Å²) in [7, 11) is 0. The zero-order chi connectivity index (χ0) is 18.0. The molecular formula is C19H23N3O3. The van der Waals surface area contributed by atoms with Crippen LogP contribution in [0.4, 0.5) is 0 Å². The lowest BCUT2D eigenvalue weighted by Gasteiger charge is -2.27. The van der Waals surface area contributed by atoms with Crippen LogP contribution in [0.1, 0.15) is 43.0 Å². The summed E-state index contributed by atoms with van der Waals surface area (Å²) in [4.78, 5) is 29.7. The molecule has 2 N–H and O–H groups in total. The number of carbonyl (C=O) groups excluding carboxylic acids is 1. The first-order valence-electron chi connectivity index (χ1n) is 8.65. The highest BCUT2D eigenvalue weighted by molar-refractivity contribution is 6.01. The topological polar surface area (TPSA) is 84.2 Å². The lowest BCUT2D eigenvalue weighted by molar-refractivity contribution is 0.0918. The summed E-state index contributed by atoms with van der Waals surface area (Å²) in [6.07, 6.45) is 7.01. The molecule has 0 radical (unpaired) electrons. The van der Waals surface area contributed by atoms with E-state index in [4.69, 9.17) is 0 Å². The normalized spacial score (nSPS) is 20.4. The third-order valence-corrected chi connectivity index (χ3v) is 4.88. The second-order valence-corrected chi connectivity index (χ2v) is 6.73. The molecule has 0 saturated heterocycles. The fourth-order valence-electron chi connectivity index (χ4n) is 3.43. The average Bonchev–Trinajstić information content (AvgIpc) is 2.61. The van der Waals surface area contributed by atoms with Crippen LogP contribution in [-0.2, 0) is 6.54 Å². The Hall–Kier alpha value is -2.63. The number of aromatic hydroxyl groups is 1. The minimum atomic E-state index is -0.551. The zero-order valence-corrected chi connectivity index (χ0v) is 14.4. The van der Waals surface area contributed by atoms with Gasteiger partial charge in [-0.05, 0) is 43.7 Å². The van der Waals surface area contributed by atoms with Crippen molar-refractivity contribution in [3.8, 4) is 5.75 Å². The number of carbonyl (C=O) groups is 1. The smallest absolute Gasteiger partial charge is 0.269 e. The van der Waals surface area contributed by atoms with Crippen LogP contribution < -0.4 is 10.9 Å². The summed E-state index contributed by atoms with van der Waals surface area (Å²) in [6.45, 7) is 6.07. The van der Waals surface area contributed by atoms with Gasteiger partial charge in [-0.3, -0.25) is 14.2 Å². The average molecular weight is 341 g/mol. The van der Waals surface area contributed by atoms with Gasteiger partial charge in [0.15, 0.2) is 0 Å². The van der Waals surface area contributed by atoms with Gasteiger partial charge < -0.3 is 10.4 Å². The monoisotopic (exact) mass is 341 g/mol. The third-order valence-electron chi connectivity index (χ3n) is 4.88. The second-order valence-electron chi connectivity index (χ2n) is 6.73. The molecule has 0 aromatic carbocycles. The third kappa shape index (κ3) is 3.29. The van der Waals surface area contributed by atoms with E-state index in [2.05, 4.69) is 23.8 Å². The van der Waals surface area contributed by atoms with Gasteiger partial charge in [0.1, 0.15) is 17.0 Å². The quantitative estimate of drug-likeness (QED) is 0.837. The van der Waals surface area contributed by atoms with E-state index in [1.54, 1.807) is 24.4 Å². The van der Waals surface area contributed by atoms with Crippen molar-refractivity contribution in [3.05, 3.63) is 46.9 Å². The molecule has 1 aliphatic rings. The molecule has 132 valence electrons. The van der Waals surface area contributed by atoms with Crippen LogP contribution in [-0.4, -0.2) is 26.6 Å². The summed E-state index contributed by atoms with van der Waals surface area (Å²) >= 11 is 0. The van der Waals surface area contributed by atoms with Gasteiger partial charge in [-0.2, -0.15) is 0 Å². The molecule has 1 aliphatic carbocycles. The highest BCUT2D eigenvalue weighted by Gasteiger charge is 2.26. The Balaban J connectivity index is 2.01. The van der Waals surface area contributed by atoms with E-state index < -0.39 is 11.5 Å². The minimum absolute atomic E-state index is 0.0416. The number of rotatable bonds is 4.